The molecule has 1 aromatic carbocycles. The van der Waals surface area contributed by atoms with Crippen molar-refractivity contribution in [3.05, 3.63) is 28.8 Å². The zero-order chi connectivity index (χ0) is 15.1. The molecule has 1 rings (SSSR count). The van der Waals surface area contributed by atoms with E-state index in [1.807, 2.05) is 31.3 Å². The fraction of sp³-hybridized carbons (Fsp3) is 0.429. The number of hydrogen-bond donors (Lipinski definition) is 3. The molecule has 0 saturated carbocycles. The van der Waals surface area contributed by atoms with E-state index in [-0.39, 0.29) is 6.61 Å². The van der Waals surface area contributed by atoms with Crippen LogP contribution in [-0.2, 0) is 11.3 Å². The van der Waals surface area contributed by atoms with Crippen LogP contribution in [0.1, 0.15) is 23.6 Å². The van der Waals surface area contributed by atoms with Crippen LogP contribution in [0.15, 0.2) is 12.1 Å². The normalized spacial score (nSPS) is 10.2. The minimum atomic E-state index is -0.881. The molecule has 0 spiro atoms. The Morgan fingerprint density at radius 2 is 1.85 bits per heavy atom. The number of benzene rings is 1. The number of carbonyl (C=O) groups is 2. The van der Waals surface area contributed by atoms with E-state index in [2.05, 4.69) is 12.2 Å². The van der Waals surface area contributed by atoms with Crippen molar-refractivity contribution in [1.29, 1.82) is 0 Å². The zero-order valence-corrected chi connectivity index (χ0v) is 12.1. The predicted octanol–water partition coefficient (Wildman–Crippen LogP) is 0.987. The second kappa shape index (κ2) is 7.49. The number of ether oxygens (including phenoxy) is 1. The highest BCUT2D eigenvalue weighted by Crippen LogP contribution is 2.24. The molecule has 1 aromatic rings. The Hall–Kier alpha value is -2.08. The van der Waals surface area contributed by atoms with E-state index in [9.17, 15) is 9.59 Å². The molecule has 0 heterocycles. The molecule has 4 N–H and O–H groups in total. The first kappa shape index (κ1) is 16.0. The summed E-state index contributed by atoms with van der Waals surface area (Å²) >= 11 is 0. The van der Waals surface area contributed by atoms with Gasteiger partial charge < -0.3 is 15.8 Å². The van der Waals surface area contributed by atoms with Crippen LogP contribution in [0.2, 0.25) is 0 Å². The van der Waals surface area contributed by atoms with Crippen LogP contribution in [0.25, 0.3) is 0 Å². The molecule has 0 bridgehead atoms. The number of rotatable bonds is 6. The third kappa shape index (κ3) is 4.89. The summed E-state index contributed by atoms with van der Waals surface area (Å²) in [5, 5.41) is 5.21. The van der Waals surface area contributed by atoms with Crippen LogP contribution in [-0.4, -0.2) is 25.1 Å². The largest absolute Gasteiger partial charge is 0.483 e. The lowest BCUT2D eigenvalue weighted by molar-refractivity contribution is -0.121. The number of amides is 3. The Balaban J connectivity index is 2.71. The maximum atomic E-state index is 11.3. The van der Waals surface area contributed by atoms with Gasteiger partial charge in [0.25, 0.3) is 5.91 Å². The molecule has 0 aromatic heterocycles. The second-order valence-corrected chi connectivity index (χ2v) is 4.54. The zero-order valence-electron chi connectivity index (χ0n) is 12.1. The van der Waals surface area contributed by atoms with Crippen molar-refractivity contribution in [1.82, 2.24) is 10.6 Å². The van der Waals surface area contributed by atoms with Crippen LogP contribution in [0, 0.1) is 13.8 Å². The van der Waals surface area contributed by atoms with E-state index < -0.39 is 11.9 Å². The van der Waals surface area contributed by atoms with Crippen LogP contribution >= 0.6 is 0 Å². The first-order valence-corrected chi connectivity index (χ1v) is 6.47. The Morgan fingerprint density at radius 1 is 1.25 bits per heavy atom. The third-order valence-corrected chi connectivity index (χ3v) is 2.71. The van der Waals surface area contributed by atoms with Crippen molar-refractivity contribution in [3.8, 4) is 5.75 Å². The molecule has 0 aliphatic heterocycles. The Bertz CT molecular complexity index is 477. The lowest BCUT2D eigenvalue weighted by Gasteiger charge is -2.14. The standard InChI is InChI=1S/C14H21N3O3/c1-4-16-7-11-5-9(2)13(10(3)6-11)20-8-12(18)17-14(15)19/h5-6,16H,4,7-8H2,1-3H3,(H3,15,17,18,19). The van der Waals surface area contributed by atoms with Gasteiger partial charge in [0.1, 0.15) is 5.75 Å². The summed E-state index contributed by atoms with van der Waals surface area (Å²) in [6.45, 7) is 7.35. The van der Waals surface area contributed by atoms with Crippen molar-refractivity contribution in [2.24, 2.45) is 5.73 Å². The van der Waals surface area contributed by atoms with E-state index in [1.54, 1.807) is 0 Å². The molecule has 110 valence electrons. The van der Waals surface area contributed by atoms with Crippen molar-refractivity contribution in [2.45, 2.75) is 27.3 Å². The molecule has 20 heavy (non-hydrogen) atoms. The van der Waals surface area contributed by atoms with Gasteiger partial charge in [-0.2, -0.15) is 0 Å². The number of carbonyl (C=O) groups excluding carboxylic acids is 2. The molecular weight excluding hydrogens is 258 g/mol. The van der Waals surface area contributed by atoms with Gasteiger partial charge in [-0.3, -0.25) is 10.1 Å². The lowest BCUT2D eigenvalue weighted by atomic mass is 10.1. The first-order chi connectivity index (χ1) is 9.43. The quantitative estimate of drug-likeness (QED) is 0.723. The number of nitrogens with two attached hydrogens (primary N) is 1. The van der Waals surface area contributed by atoms with Crippen molar-refractivity contribution in [2.75, 3.05) is 13.2 Å². The number of aryl methyl sites for hydroxylation is 2. The number of imide groups is 1. The molecule has 3 amide bonds. The average molecular weight is 279 g/mol. The second-order valence-electron chi connectivity index (χ2n) is 4.54. The van der Waals surface area contributed by atoms with Gasteiger partial charge in [-0.05, 0) is 37.1 Å². The van der Waals surface area contributed by atoms with Crippen LogP contribution < -0.4 is 21.1 Å². The highest BCUT2D eigenvalue weighted by molar-refractivity contribution is 5.94. The van der Waals surface area contributed by atoms with Crippen LogP contribution in [0.3, 0.4) is 0 Å². The molecule has 0 fully saturated rings. The van der Waals surface area contributed by atoms with Gasteiger partial charge in [0.2, 0.25) is 0 Å². The van der Waals surface area contributed by atoms with E-state index in [1.165, 1.54) is 0 Å². The summed E-state index contributed by atoms with van der Waals surface area (Å²) < 4.78 is 5.45. The Morgan fingerprint density at radius 3 is 2.35 bits per heavy atom. The van der Waals surface area contributed by atoms with E-state index in [4.69, 9.17) is 10.5 Å². The molecule has 0 saturated heterocycles. The summed E-state index contributed by atoms with van der Waals surface area (Å²) in [5.41, 5.74) is 7.92. The Kier molecular flexibility index (Phi) is 5.99. The molecule has 6 nitrogen and oxygen atoms in total. The fourth-order valence-electron chi connectivity index (χ4n) is 1.95. The minimum absolute atomic E-state index is 0.239. The molecule has 0 atom stereocenters. The van der Waals surface area contributed by atoms with E-state index >= 15 is 0 Å². The fourth-order valence-corrected chi connectivity index (χ4v) is 1.95. The molecule has 0 aliphatic carbocycles. The highest BCUT2D eigenvalue weighted by atomic mass is 16.5. The summed E-state index contributed by atoms with van der Waals surface area (Å²) in [4.78, 5) is 21.8. The maximum absolute atomic E-state index is 11.3. The molecule has 0 unspecified atom stereocenters. The summed E-state index contributed by atoms with van der Waals surface area (Å²) in [7, 11) is 0. The summed E-state index contributed by atoms with van der Waals surface area (Å²) in [6, 6.07) is 3.14. The average Bonchev–Trinajstić information content (AvgIpc) is 2.34. The van der Waals surface area contributed by atoms with Gasteiger partial charge in [-0.1, -0.05) is 19.1 Å². The number of primary amides is 1. The minimum Gasteiger partial charge on any atom is -0.483 e. The molecule has 0 radical (unpaired) electrons. The lowest BCUT2D eigenvalue weighted by Crippen LogP contribution is -2.38. The topological polar surface area (TPSA) is 93.4 Å². The van der Waals surface area contributed by atoms with Crippen molar-refractivity contribution < 1.29 is 14.3 Å². The number of nitrogens with one attached hydrogen (secondary N) is 2. The predicted molar refractivity (Wildman–Crippen MR) is 76.5 cm³/mol. The highest BCUT2D eigenvalue weighted by Gasteiger charge is 2.10. The third-order valence-electron chi connectivity index (χ3n) is 2.71. The molecule has 6 heteroatoms. The number of urea groups is 1. The monoisotopic (exact) mass is 279 g/mol. The Labute approximate surface area is 118 Å². The van der Waals surface area contributed by atoms with Crippen LogP contribution in [0.4, 0.5) is 4.79 Å². The maximum Gasteiger partial charge on any atom is 0.318 e. The molecular formula is C14H21N3O3. The van der Waals surface area contributed by atoms with Gasteiger partial charge in [0.05, 0.1) is 0 Å². The van der Waals surface area contributed by atoms with Gasteiger partial charge in [0.15, 0.2) is 6.61 Å². The van der Waals surface area contributed by atoms with Gasteiger partial charge >= 0.3 is 6.03 Å². The summed E-state index contributed by atoms with van der Waals surface area (Å²) in [5.74, 6) is 0.0953. The van der Waals surface area contributed by atoms with Crippen LogP contribution in [0.5, 0.6) is 5.75 Å². The van der Waals surface area contributed by atoms with E-state index in [0.717, 1.165) is 29.8 Å². The van der Waals surface area contributed by atoms with Crippen molar-refractivity contribution >= 4 is 11.9 Å². The van der Waals surface area contributed by atoms with E-state index in [0.29, 0.717) is 5.75 Å². The number of hydrogen-bond acceptors (Lipinski definition) is 4. The van der Waals surface area contributed by atoms with Gasteiger partial charge in [-0.25, -0.2) is 4.79 Å². The first-order valence-electron chi connectivity index (χ1n) is 6.47. The molecule has 0 aliphatic rings. The van der Waals surface area contributed by atoms with Gasteiger partial charge in [0, 0.05) is 6.54 Å². The smallest absolute Gasteiger partial charge is 0.318 e. The summed E-state index contributed by atoms with van der Waals surface area (Å²) in [6.07, 6.45) is 0. The van der Waals surface area contributed by atoms with Crippen molar-refractivity contribution in [3.63, 3.8) is 0 Å². The van der Waals surface area contributed by atoms with Gasteiger partial charge in [-0.15, -0.1) is 0 Å². The SMILES string of the molecule is CCNCc1cc(C)c(OCC(=O)NC(N)=O)c(C)c1.